The fourth-order valence-electron chi connectivity index (χ4n) is 2.62. The Hall–Kier alpha value is -3.81. The molecule has 0 aliphatic carbocycles. The highest BCUT2D eigenvalue weighted by atomic mass is 16.5. The smallest absolute Gasteiger partial charge is 0.258 e. The lowest BCUT2D eigenvalue weighted by Crippen LogP contribution is -1.90. The molecule has 0 N–H and O–H groups in total. The molecule has 1 aromatic carbocycles. The van der Waals surface area contributed by atoms with Gasteiger partial charge in [0.25, 0.3) is 5.89 Å². The lowest BCUT2D eigenvalue weighted by molar-refractivity contribution is 0.432. The van der Waals surface area contributed by atoms with Crippen molar-refractivity contribution < 1.29 is 4.52 Å². The van der Waals surface area contributed by atoms with Crippen molar-refractivity contribution in [1.29, 1.82) is 0 Å². The van der Waals surface area contributed by atoms with E-state index in [0.717, 1.165) is 16.9 Å². The molecule has 0 saturated heterocycles. The van der Waals surface area contributed by atoms with Gasteiger partial charge in [-0.05, 0) is 30.3 Å². The zero-order valence-electron chi connectivity index (χ0n) is 12.9. The first-order chi connectivity index (χ1) is 12.4. The van der Waals surface area contributed by atoms with E-state index in [1.165, 1.54) is 0 Å². The van der Waals surface area contributed by atoms with Gasteiger partial charge in [-0.2, -0.15) is 4.98 Å². The van der Waals surface area contributed by atoms with Crippen molar-refractivity contribution in [2.75, 3.05) is 0 Å². The molecule has 4 heterocycles. The topological polar surface area (TPSA) is 86.9 Å². The summed E-state index contributed by atoms with van der Waals surface area (Å²) in [6.07, 6.45) is 7.07. The summed E-state index contributed by atoms with van der Waals surface area (Å²) < 4.78 is 9.15. The number of nitrogens with zero attached hydrogens (tertiary/aromatic N) is 7. The summed E-state index contributed by atoms with van der Waals surface area (Å²) >= 11 is 0. The van der Waals surface area contributed by atoms with Crippen molar-refractivity contribution in [3.05, 3.63) is 67.5 Å². The van der Waals surface area contributed by atoms with Gasteiger partial charge in [0.1, 0.15) is 24.0 Å². The van der Waals surface area contributed by atoms with Crippen LogP contribution >= 0.6 is 0 Å². The van der Waals surface area contributed by atoms with E-state index in [0.29, 0.717) is 17.4 Å². The fourth-order valence-corrected chi connectivity index (χ4v) is 2.62. The number of fused-ring (bicyclic) bond motifs is 1. The first-order valence-corrected chi connectivity index (χ1v) is 7.60. The zero-order chi connectivity index (χ0) is 16.6. The van der Waals surface area contributed by atoms with Crippen LogP contribution in [0.4, 0.5) is 0 Å². The van der Waals surface area contributed by atoms with Gasteiger partial charge in [0.15, 0.2) is 0 Å². The van der Waals surface area contributed by atoms with Crippen molar-refractivity contribution in [2.45, 2.75) is 0 Å². The Morgan fingerprint density at radius 2 is 1.84 bits per heavy atom. The van der Waals surface area contributed by atoms with Crippen molar-refractivity contribution >= 4 is 5.65 Å². The van der Waals surface area contributed by atoms with E-state index >= 15 is 0 Å². The summed E-state index contributed by atoms with van der Waals surface area (Å²) in [7, 11) is 0. The van der Waals surface area contributed by atoms with Gasteiger partial charge in [0.2, 0.25) is 5.82 Å². The third-order valence-corrected chi connectivity index (χ3v) is 3.83. The van der Waals surface area contributed by atoms with E-state index < -0.39 is 0 Å². The zero-order valence-corrected chi connectivity index (χ0v) is 12.9. The average Bonchev–Trinajstić information content (AvgIpc) is 3.41. The Bertz CT molecular complexity index is 1120. The molecule has 0 aliphatic heterocycles. The molecule has 0 amide bonds. The number of hydrogen-bond donors (Lipinski definition) is 0. The van der Waals surface area contributed by atoms with Gasteiger partial charge >= 0.3 is 0 Å². The summed E-state index contributed by atoms with van der Waals surface area (Å²) in [5.74, 6) is 0.885. The summed E-state index contributed by atoms with van der Waals surface area (Å²) in [5, 5.41) is 11.7. The number of imidazole rings is 1. The van der Waals surface area contributed by atoms with Crippen LogP contribution in [0.1, 0.15) is 0 Å². The highest BCUT2D eigenvalue weighted by molar-refractivity contribution is 5.61. The second-order valence-electron chi connectivity index (χ2n) is 5.43. The van der Waals surface area contributed by atoms with Gasteiger partial charge in [-0.1, -0.05) is 17.3 Å². The van der Waals surface area contributed by atoms with Gasteiger partial charge in [0.05, 0.1) is 0 Å². The molecular weight excluding hydrogens is 318 g/mol. The Morgan fingerprint density at radius 3 is 2.72 bits per heavy atom. The van der Waals surface area contributed by atoms with Gasteiger partial charge in [-0.25, -0.2) is 4.98 Å². The molecular formula is C17H11N7O. The van der Waals surface area contributed by atoms with Gasteiger partial charge < -0.3 is 8.92 Å². The summed E-state index contributed by atoms with van der Waals surface area (Å²) in [4.78, 5) is 8.98. The van der Waals surface area contributed by atoms with Crippen LogP contribution in [0.3, 0.4) is 0 Å². The summed E-state index contributed by atoms with van der Waals surface area (Å²) in [6, 6.07) is 13.5. The lowest BCUT2D eigenvalue weighted by atomic mass is 10.2. The molecule has 0 atom stereocenters. The molecule has 0 aliphatic rings. The SMILES string of the molecule is c1cc(-c2nc(-c3cn4ccccc4n3)no2)cc(-n2cnnc2)c1. The van der Waals surface area contributed by atoms with Crippen LogP contribution in [-0.2, 0) is 0 Å². The molecule has 25 heavy (non-hydrogen) atoms. The highest BCUT2D eigenvalue weighted by Gasteiger charge is 2.14. The average molecular weight is 329 g/mol. The van der Waals surface area contributed by atoms with Crippen molar-refractivity contribution in [1.82, 2.24) is 34.3 Å². The molecule has 8 nitrogen and oxygen atoms in total. The number of rotatable bonds is 3. The normalized spacial score (nSPS) is 11.2. The minimum atomic E-state index is 0.432. The second kappa shape index (κ2) is 5.38. The Balaban J connectivity index is 1.53. The molecule has 0 fully saturated rings. The van der Waals surface area contributed by atoms with Crippen molar-refractivity contribution in [2.24, 2.45) is 0 Å². The van der Waals surface area contributed by atoms with Gasteiger partial charge in [0, 0.05) is 23.6 Å². The number of benzene rings is 1. The third kappa shape index (κ3) is 2.36. The Labute approximate surface area is 141 Å². The maximum Gasteiger partial charge on any atom is 0.258 e. The van der Waals surface area contributed by atoms with Crippen LogP contribution in [0.15, 0.2) is 72.0 Å². The van der Waals surface area contributed by atoms with E-state index in [1.807, 2.05) is 63.8 Å². The molecule has 5 rings (SSSR count). The third-order valence-electron chi connectivity index (χ3n) is 3.83. The molecule has 0 unspecified atom stereocenters. The largest absolute Gasteiger partial charge is 0.334 e. The molecule has 4 aromatic heterocycles. The van der Waals surface area contributed by atoms with E-state index in [1.54, 1.807) is 12.7 Å². The second-order valence-corrected chi connectivity index (χ2v) is 5.43. The summed E-state index contributed by atoms with van der Waals surface area (Å²) in [5.41, 5.74) is 3.22. The number of hydrogen-bond acceptors (Lipinski definition) is 6. The van der Waals surface area contributed by atoms with Crippen molar-refractivity contribution in [3.8, 4) is 28.7 Å². The number of aromatic nitrogens is 7. The quantitative estimate of drug-likeness (QED) is 0.506. The van der Waals surface area contributed by atoms with E-state index in [2.05, 4.69) is 25.3 Å². The predicted molar refractivity (Wildman–Crippen MR) is 88.8 cm³/mol. The highest BCUT2D eigenvalue weighted by Crippen LogP contribution is 2.23. The van der Waals surface area contributed by atoms with Gasteiger partial charge in [-0.15, -0.1) is 10.2 Å². The molecule has 0 saturated carbocycles. The number of pyridine rings is 1. The van der Waals surface area contributed by atoms with E-state index in [-0.39, 0.29) is 0 Å². The maximum absolute atomic E-state index is 5.42. The van der Waals surface area contributed by atoms with Crippen molar-refractivity contribution in [3.63, 3.8) is 0 Å². The van der Waals surface area contributed by atoms with Crippen LogP contribution in [0.5, 0.6) is 0 Å². The first kappa shape index (κ1) is 13.6. The molecule has 5 aromatic rings. The predicted octanol–water partition coefficient (Wildman–Crippen LogP) is 2.63. The van der Waals surface area contributed by atoms with E-state index in [9.17, 15) is 0 Å². The van der Waals surface area contributed by atoms with Crippen LogP contribution < -0.4 is 0 Å². The Kier molecular flexibility index (Phi) is 2.93. The Morgan fingerprint density at radius 1 is 0.920 bits per heavy atom. The fraction of sp³-hybridized carbons (Fsp3) is 0. The summed E-state index contributed by atoms with van der Waals surface area (Å²) in [6.45, 7) is 0. The molecule has 8 heteroatoms. The van der Waals surface area contributed by atoms with Gasteiger partial charge in [-0.3, -0.25) is 4.57 Å². The molecule has 0 bridgehead atoms. The van der Waals surface area contributed by atoms with Crippen LogP contribution in [0.2, 0.25) is 0 Å². The van der Waals surface area contributed by atoms with Crippen LogP contribution in [0, 0.1) is 0 Å². The molecule has 120 valence electrons. The molecule has 0 radical (unpaired) electrons. The molecule has 0 spiro atoms. The van der Waals surface area contributed by atoms with E-state index in [4.69, 9.17) is 4.52 Å². The van der Waals surface area contributed by atoms with Crippen LogP contribution in [-0.4, -0.2) is 34.3 Å². The first-order valence-electron chi connectivity index (χ1n) is 7.60. The monoisotopic (exact) mass is 329 g/mol. The lowest BCUT2D eigenvalue weighted by Gasteiger charge is -2.01. The minimum absolute atomic E-state index is 0.432. The maximum atomic E-state index is 5.42. The van der Waals surface area contributed by atoms with Crippen LogP contribution in [0.25, 0.3) is 34.3 Å². The minimum Gasteiger partial charge on any atom is -0.334 e. The standard InChI is InChI=1S/C17H11N7O/c1-2-7-23-9-14(20-15(23)6-1)16-21-17(25-22-16)12-4-3-5-13(8-12)24-10-18-19-11-24/h1-11H.